The Balaban J connectivity index is 1.84. The first-order valence-electron chi connectivity index (χ1n) is 16.5. The van der Waals surface area contributed by atoms with Crippen LogP contribution < -0.4 is 4.72 Å². The van der Waals surface area contributed by atoms with E-state index in [9.17, 15) is 27.3 Å². The quantitative estimate of drug-likeness (QED) is 0.0755. The van der Waals surface area contributed by atoms with E-state index in [1.54, 1.807) is 67.8 Å². The zero-order valence-electron chi connectivity index (χ0n) is 30.4. The molecule has 1 N–H and O–H groups in total. The number of ether oxygens (including phenoxy) is 3. The van der Waals surface area contributed by atoms with E-state index in [2.05, 4.69) is 24.4 Å². The average molecular weight is 739 g/mol. The van der Waals surface area contributed by atoms with Gasteiger partial charge in [-0.2, -0.15) is 13.2 Å². The minimum Gasteiger partial charge on any atom is -0.598 e. The molecule has 0 bridgehead atoms. The van der Waals surface area contributed by atoms with Gasteiger partial charge in [0.25, 0.3) is 11.8 Å². The zero-order valence-corrected chi connectivity index (χ0v) is 32.3. The number of rotatable bonds is 15. The third-order valence-corrected chi connectivity index (χ3v) is 11.9. The molecule has 1 aliphatic heterocycles. The number of nitrogens with zero attached hydrogens (tertiary/aromatic N) is 3. The Bertz CT molecular complexity index is 1650. The number of hydrogen-bond donors (Lipinski definition) is 1. The smallest absolute Gasteiger partial charge is 0.416 e. The van der Waals surface area contributed by atoms with Crippen LogP contribution in [0.15, 0.2) is 42.5 Å². The summed E-state index contributed by atoms with van der Waals surface area (Å²) in [5.74, 6) is -0.624. The van der Waals surface area contributed by atoms with Crippen LogP contribution >= 0.6 is 0 Å². The maximum Gasteiger partial charge on any atom is 0.416 e. The fourth-order valence-electron chi connectivity index (χ4n) is 5.50. The van der Waals surface area contributed by atoms with Crippen molar-refractivity contribution in [2.45, 2.75) is 109 Å². The number of aromatic nitrogens is 2. The largest absolute Gasteiger partial charge is 0.598 e. The van der Waals surface area contributed by atoms with Crippen LogP contribution in [0.3, 0.4) is 0 Å². The molecule has 4 rings (SSSR count). The lowest BCUT2D eigenvalue weighted by atomic mass is 10.0. The molecule has 2 aromatic carbocycles. The SMILES string of the molecule is COC[C@H](c1ccc2c(c1)nc([C@@H](N[S+]([O-])C(C)(C)C)[C@@H](C)OC(C)(C)C(F)(F)F)n2COCC[Si](C)(C)C)N1C(=O)c2ccccc2C1=O. The van der Waals surface area contributed by atoms with E-state index in [0.29, 0.717) is 34.3 Å². The van der Waals surface area contributed by atoms with Crippen molar-refractivity contribution in [1.82, 2.24) is 19.2 Å². The van der Waals surface area contributed by atoms with E-state index in [1.807, 2.05) is 0 Å². The maximum atomic E-state index is 14.0. The summed E-state index contributed by atoms with van der Waals surface area (Å²) < 4.78 is 76.8. The molecule has 2 heterocycles. The number of imidazole rings is 1. The van der Waals surface area contributed by atoms with Crippen LogP contribution in [0.5, 0.6) is 0 Å². The van der Waals surface area contributed by atoms with Crippen molar-refractivity contribution in [3.8, 4) is 0 Å². The number of amides is 2. The van der Waals surface area contributed by atoms with Crippen LogP contribution in [0.4, 0.5) is 13.2 Å². The van der Waals surface area contributed by atoms with Crippen LogP contribution in [0.1, 0.15) is 85.7 Å². The lowest BCUT2D eigenvalue weighted by Gasteiger charge is -2.36. The van der Waals surface area contributed by atoms with Crippen LogP contribution in [0.25, 0.3) is 11.0 Å². The van der Waals surface area contributed by atoms with E-state index < -0.39 is 66.0 Å². The number of nitrogens with one attached hydrogen (secondary N) is 1. The van der Waals surface area contributed by atoms with Crippen LogP contribution in [-0.4, -0.2) is 81.8 Å². The predicted octanol–water partition coefficient (Wildman–Crippen LogP) is 7.17. The molecule has 4 atom stereocenters. The Hall–Kier alpha value is -2.79. The van der Waals surface area contributed by atoms with E-state index in [-0.39, 0.29) is 19.2 Å². The Morgan fingerprint density at radius 2 is 1.60 bits per heavy atom. The fourth-order valence-corrected chi connectivity index (χ4v) is 7.14. The molecule has 0 aliphatic carbocycles. The third kappa shape index (κ3) is 8.80. The highest BCUT2D eigenvalue weighted by Crippen LogP contribution is 2.38. The topological polar surface area (TPSA) is 118 Å². The first kappa shape index (κ1) is 40.0. The van der Waals surface area contributed by atoms with Gasteiger partial charge in [0.15, 0.2) is 5.60 Å². The van der Waals surface area contributed by atoms with Gasteiger partial charge in [-0.25, -0.2) is 4.98 Å². The van der Waals surface area contributed by atoms with Crippen molar-refractivity contribution in [2.75, 3.05) is 20.3 Å². The number of fused-ring (bicyclic) bond motifs is 2. The van der Waals surface area contributed by atoms with E-state index >= 15 is 0 Å². The molecular weight excluding hydrogens is 690 g/mol. The molecule has 1 aromatic heterocycles. The maximum absolute atomic E-state index is 14.0. The van der Waals surface area contributed by atoms with Gasteiger partial charge in [0.05, 0.1) is 40.9 Å². The fraction of sp³-hybridized carbons (Fsp3) is 0.571. The van der Waals surface area contributed by atoms with Gasteiger partial charge in [-0.05, 0) is 77.4 Å². The van der Waals surface area contributed by atoms with Crippen LogP contribution in [0, 0.1) is 0 Å². The van der Waals surface area contributed by atoms with Gasteiger partial charge >= 0.3 is 6.18 Å². The molecule has 0 spiro atoms. The van der Waals surface area contributed by atoms with Crippen molar-refractivity contribution in [1.29, 1.82) is 0 Å². The van der Waals surface area contributed by atoms with Gasteiger partial charge < -0.3 is 23.3 Å². The second-order valence-electron chi connectivity index (χ2n) is 15.3. The molecule has 50 heavy (non-hydrogen) atoms. The molecule has 10 nitrogen and oxygen atoms in total. The number of halogens is 3. The van der Waals surface area contributed by atoms with Gasteiger partial charge in [0.1, 0.15) is 23.3 Å². The molecule has 3 aromatic rings. The average Bonchev–Trinajstić information content (AvgIpc) is 3.48. The Labute approximate surface area is 296 Å². The van der Waals surface area contributed by atoms with Gasteiger partial charge in [0, 0.05) is 33.2 Å². The van der Waals surface area contributed by atoms with Crippen molar-refractivity contribution < 1.29 is 41.5 Å². The molecular formula is C35H49F3N4O6SSi. The molecule has 1 aliphatic rings. The van der Waals surface area contributed by atoms with Gasteiger partial charge in [-0.1, -0.05) is 37.8 Å². The molecule has 0 fully saturated rings. The van der Waals surface area contributed by atoms with E-state index in [1.165, 1.54) is 18.9 Å². The summed E-state index contributed by atoms with van der Waals surface area (Å²) in [6, 6.07) is 10.9. The normalized spacial score (nSPS) is 17.0. The number of alkyl halides is 3. The summed E-state index contributed by atoms with van der Waals surface area (Å²) in [5.41, 5.74) is -0.329. The van der Waals surface area contributed by atoms with E-state index in [4.69, 9.17) is 19.2 Å². The highest BCUT2D eigenvalue weighted by Gasteiger charge is 2.51. The molecule has 2 amide bonds. The first-order chi connectivity index (χ1) is 23.1. The Morgan fingerprint density at radius 3 is 2.12 bits per heavy atom. The minimum absolute atomic E-state index is 0.0104. The first-order valence-corrected chi connectivity index (χ1v) is 21.4. The van der Waals surface area contributed by atoms with Crippen molar-refractivity contribution in [3.05, 3.63) is 65.0 Å². The molecule has 15 heteroatoms. The number of methoxy groups -OCH3 is 1. The highest BCUT2D eigenvalue weighted by atomic mass is 32.2. The number of benzene rings is 2. The van der Waals surface area contributed by atoms with Gasteiger partial charge in [0.2, 0.25) is 0 Å². The highest BCUT2D eigenvalue weighted by molar-refractivity contribution is 7.90. The summed E-state index contributed by atoms with van der Waals surface area (Å²) in [4.78, 5) is 33.0. The second kappa shape index (κ2) is 15.1. The predicted molar refractivity (Wildman–Crippen MR) is 190 cm³/mol. The number of carbonyl (C=O) groups is 2. The van der Waals surface area contributed by atoms with Crippen LogP contribution in [0.2, 0.25) is 25.7 Å². The van der Waals surface area contributed by atoms with Crippen LogP contribution in [-0.2, 0) is 32.3 Å². The van der Waals surface area contributed by atoms with Gasteiger partial charge in [-0.3, -0.25) is 14.5 Å². The monoisotopic (exact) mass is 738 g/mol. The summed E-state index contributed by atoms with van der Waals surface area (Å²) in [5, 5.41) is 0. The number of imide groups is 1. The minimum atomic E-state index is -4.68. The van der Waals surface area contributed by atoms with Crippen molar-refractivity contribution in [3.63, 3.8) is 0 Å². The number of hydrogen-bond acceptors (Lipinski definition) is 8. The molecule has 1 unspecified atom stereocenters. The summed E-state index contributed by atoms with van der Waals surface area (Å²) in [6.07, 6.45) is -5.83. The summed E-state index contributed by atoms with van der Waals surface area (Å²) >= 11 is -1.73. The second-order valence-corrected chi connectivity index (χ2v) is 22.9. The van der Waals surface area contributed by atoms with Crippen molar-refractivity contribution >= 4 is 42.3 Å². The van der Waals surface area contributed by atoms with Gasteiger partial charge in [-0.15, -0.1) is 4.72 Å². The zero-order chi connectivity index (χ0) is 37.4. The molecule has 276 valence electrons. The summed E-state index contributed by atoms with van der Waals surface area (Å²) in [7, 11) is 0.0257. The van der Waals surface area contributed by atoms with E-state index in [0.717, 1.165) is 19.9 Å². The standard InChI is InChI=1S/C35H49F3N4O6SSi/c1-22(48-34(5,6)35(36,37)38)29(40-49(45)33(2,3)4)30-39-26-19-23(15-16-27(26)41(30)21-47-17-18-50(8,9)10)28(20-46-7)42-31(43)24-13-11-12-14-25(24)32(42)44/h11-16,19,22,28-29,40H,17-18,20-21H2,1-10H3/t22-,28-,29+,49?/m1/s1. The molecule has 0 radical (unpaired) electrons. The van der Waals surface area contributed by atoms with Crippen molar-refractivity contribution in [2.24, 2.45) is 0 Å². The lowest BCUT2D eigenvalue weighted by Crippen LogP contribution is -2.50. The Kier molecular flexibility index (Phi) is 12.0. The lowest BCUT2D eigenvalue weighted by molar-refractivity contribution is -0.277. The summed E-state index contributed by atoms with van der Waals surface area (Å²) in [6.45, 7) is 15.8. The molecule has 0 saturated heterocycles. The third-order valence-electron chi connectivity index (χ3n) is 8.57. The molecule has 0 saturated carbocycles. The number of carbonyl (C=O) groups excluding carboxylic acids is 2. The Morgan fingerprint density at radius 1 is 1.00 bits per heavy atom.